The van der Waals surface area contributed by atoms with Gasteiger partial charge in [-0.05, 0) is 60.1 Å². The number of alkyl halides is 5. The van der Waals surface area contributed by atoms with Gasteiger partial charge in [-0.3, -0.25) is 9.59 Å². The SMILES string of the molecule is C=CCOC(=O)[C@H]1OC(OC(=O)C[C@H](c2ccc(Cl)c(NC(=O)C(c3ccc4c(c3)OC(F)(F)O4)[C@@H](C)C(F)(F)F)c2)C2CC2)[C@H](O)[C@@H](O)[C@@H]1O. The molecule has 278 valence electrons. The maximum absolute atomic E-state index is 14.0. The van der Waals surface area contributed by atoms with Gasteiger partial charge in [-0.25, -0.2) is 4.79 Å². The molecule has 2 aromatic carbocycles. The highest BCUT2D eigenvalue weighted by atomic mass is 35.5. The molecule has 1 saturated heterocycles. The van der Waals surface area contributed by atoms with Crippen LogP contribution in [-0.4, -0.2) is 82.9 Å². The Hall–Kier alpha value is -4.03. The summed E-state index contributed by atoms with van der Waals surface area (Å²) in [7, 11) is 0. The Morgan fingerprint density at radius 1 is 1.04 bits per heavy atom. The lowest BCUT2D eigenvalue weighted by molar-refractivity contribution is -0.287. The van der Waals surface area contributed by atoms with Gasteiger partial charge in [0.2, 0.25) is 12.2 Å². The molecule has 5 rings (SSSR count). The van der Waals surface area contributed by atoms with Crippen LogP contribution >= 0.6 is 11.6 Å². The second-order valence-electron chi connectivity index (χ2n) is 12.4. The first-order valence-corrected chi connectivity index (χ1v) is 16.0. The number of aliphatic hydroxyl groups is 3. The third-order valence-electron chi connectivity index (χ3n) is 8.73. The third-order valence-corrected chi connectivity index (χ3v) is 9.06. The quantitative estimate of drug-likeness (QED) is 0.137. The van der Waals surface area contributed by atoms with E-state index in [9.17, 15) is 51.7 Å². The van der Waals surface area contributed by atoms with Gasteiger partial charge in [0.05, 0.1) is 29.0 Å². The predicted octanol–water partition coefficient (Wildman–Crippen LogP) is 4.55. The van der Waals surface area contributed by atoms with Crippen LogP contribution in [0, 0.1) is 11.8 Å². The topological polar surface area (TPSA) is 170 Å². The molecule has 51 heavy (non-hydrogen) atoms. The lowest BCUT2D eigenvalue weighted by Crippen LogP contribution is -2.61. The molecule has 2 fully saturated rings. The summed E-state index contributed by atoms with van der Waals surface area (Å²) in [5.41, 5.74) is 0.0457. The van der Waals surface area contributed by atoms with Crippen LogP contribution in [0.25, 0.3) is 0 Å². The van der Waals surface area contributed by atoms with E-state index in [1.54, 1.807) is 6.07 Å². The zero-order valence-electron chi connectivity index (χ0n) is 26.6. The molecule has 1 saturated carbocycles. The molecule has 12 nitrogen and oxygen atoms in total. The normalized spacial score (nSPS) is 25.6. The number of anilines is 1. The summed E-state index contributed by atoms with van der Waals surface area (Å²) >= 11 is 6.34. The highest BCUT2D eigenvalue weighted by molar-refractivity contribution is 6.33. The number of benzene rings is 2. The van der Waals surface area contributed by atoms with E-state index in [1.165, 1.54) is 18.2 Å². The molecule has 0 radical (unpaired) electrons. The van der Waals surface area contributed by atoms with Gasteiger partial charge in [0.25, 0.3) is 0 Å². The van der Waals surface area contributed by atoms with E-state index >= 15 is 0 Å². The van der Waals surface area contributed by atoms with Crippen molar-refractivity contribution in [3.63, 3.8) is 0 Å². The monoisotopic (exact) mass is 749 g/mol. The summed E-state index contributed by atoms with van der Waals surface area (Å²) in [5.74, 6) is -9.09. The fourth-order valence-corrected chi connectivity index (χ4v) is 6.04. The Labute approximate surface area is 292 Å². The Balaban J connectivity index is 1.33. The Morgan fingerprint density at radius 3 is 2.35 bits per heavy atom. The van der Waals surface area contributed by atoms with Crippen molar-refractivity contribution >= 4 is 35.1 Å². The number of hydrogen-bond donors (Lipinski definition) is 4. The summed E-state index contributed by atoms with van der Waals surface area (Å²) in [6.45, 7) is 3.90. The van der Waals surface area contributed by atoms with Gasteiger partial charge in [-0.1, -0.05) is 43.3 Å². The summed E-state index contributed by atoms with van der Waals surface area (Å²) in [6.07, 6.45) is -16.1. The molecule has 0 aromatic heterocycles. The molecule has 2 aromatic rings. The van der Waals surface area contributed by atoms with Crippen LogP contribution in [0.3, 0.4) is 0 Å². The summed E-state index contributed by atoms with van der Waals surface area (Å²) in [4.78, 5) is 39.0. The standard InChI is InChI=1S/C33H33ClF5NO11/c1-3-10-47-30(46)28-26(43)25(42)27(44)31(49-28)48-23(41)13-18(15-4-5-15)16-6-8-19(34)20(11-16)40-29(45)24(14(2)32(35,36)37)17-7-9-21-22(12-17)51-33(38,39)50-21/h3,6-9,11-12,14-15,18,24-28,31,42-44H,1,4-5,10,13H2,2H3,(H,40,45)/t14-,18+,24?,25+,26+,27-,28+,31?/m1/s1. The van der Waals surface area contributed by atoms with E-state index in [-0.39, 0.29) is 35.2 Å². The number of carbonyl (C=O) groups excluding carboxylic acids is 3. The van der Waals surface area contributed by atoms with Crippen molar-refractivity contribution in [1.82, 2.24) is 0 Å². The number of carbonyl (C=O) groups is 3. The van der Waals surface area contributed by atoms with Crippen LogP contribution in [0.5, 0.6) is 11.5 Å². The molecule has 2 unspecified atom stereocenters. The Bertz CT molecular complexity index is 1660. The van der Waals surface area contributed by atoms with Gasteiger partial charge in [0.15, 0.2) is 17.6 Å². The van der Waals surface area contributed by atoms with Gasteiger partial charge in [-0.2, -0.15) is 13.2 Å². The number of fused-ring (bicyclic) bond motifs is 1. The van der Waals surface area contributed by atoms with E-state index in [0.717, 1.165) is 25.1 Å². The molecule has 8 atom stereocenters. The third kappa shape index (κ3) is 8.72. The van der Waals surface area contributed by atoms with Crippen molar-refractivity contribution in [2.45, 2.75) is 81.2 Å². The molecule has 1 aliphatic carbocycles. The van der Waals surface area contributed by atoms with Crippen molar-refractivity contribution < 1.29 is 75.3 Å². The fourth-order valence-electron chi connectivity index (χ4n) is 5.87. The predicted molar refractivity (Wildman–Crippen MR) is 165 cm³/mol. The maximum Gasteiger partial charge on any atom is 0.586 e. The summed E-state index contributed by atoms with van der Waals surface area (Å²) in [6, 6.07) is 7.17. The molecule has 1 amide bonds. The number of ether oxygens (including phenoxy) is 5. The molecule has 3 aliphatic rings. The smallest absolute Gasteiger partial charge is 0.459 e. The Kier molecular flexibility index (Phi) is 11.2. The van der Waals surface area contributed by atoms with E-state index < -0.39 is 90.3 Å². The zero-order valence-corrected chi connectivity index (χ0v) is 27.4. The van der Waals surface area contributed by atoms with Crippen LogP contribution in [0.4, 0.5) is 27.6 Å². The molecule has 2 heterocycles. The second kappa shape index (κ2) is 14.9. The van der Waals surface area contributed by atoms with Crippen LogP contribution < -0.4 is 14.8 Å². The molecule has 2 aliphatic heterocycles. The minimum Gasteiger partial charge on any atom is -0.459 e. The molecular formula is C33H33ClF5NO11. The van der Waals surface area contributed by atoms with Gasteiger partial charge < -0.3 is 44.3 Å². The maximum atomic E-state index is 14.0. The van der Waals surface area contributed by atoms with E-state index in [0.29, 0.717) is 18.4 Å². The first-order chi connectivity index (χ1) is 23.9. The number of hydrogen-bond acceptors (Lipinski definition) is 11. The van der Waals surface area contributed by atoms with Crippen LogP contribution in [0.15, 0.2) is 49.1 Å². The van der Waals surface area contributed by atoms with Crippen LogP contribution in [-0.2, 0) is 28.6 Å². The fraction of sp³-hybridized carbons (Fsp3) is 0.485. The van der Waals surface area contributed by atoms with Gasteiger partial charge in [0.1, 0.15) is 24.9 Å². The molecule has 4 N–H and O–H groups in total. The number of amides is 1. The molecule has 0 spiro atoms. The molecule has 18 heteroatoms. The number of esters is 2. The van der Waals surface area contributed by atoms with Gasteiger partial charge in [-0.15, -0.1) is 8.78 Å². The first-order valence-electron chi connectivity index (χ1n) is 15.6. The van der Waals surface area contributed by atoms with Gasteiger partial charge in [0, 0.05) is 0 Å². The van der Waals surface area contributed by atoms with Crippen molar-refractivity contribution in [1.29, 1.82) is 0 Å². The van der Waals surface area contributed by atoms with E-state index in [4.69, 9.17) is 25.8 Å². The van der Waals surface area contributed by atoms with Crippen molar-refractivity contribution in [2.24, 2.45) is 11.8 Å². The van der Waals surface area contributed by atoms with Crippen LogP contribution in [0.2, 0.25) is 5.02 Å². The van der Waals surface area contributed by atoms with E-state index in [1.807, 2.05) is 0 Å². The number of rotatable bonds is 12. The van der Waals surface area contributed by atoms with Gasteiger partial charge >= 0.3 is 24.4 Å². The number of nitrogens with one attached hydrogen (secondary N) is 1. The minimum absolute atomic E-state index is 0.0615. The summed E-state index contributed by atoms with van der Waals surface area (Å²) < 4.78 is 93.2. The number of halogens is 6. The first kappa shape index (κ1) is 38.2. The lowest BCUT2D eigenvalue weighted by Gasteiger charge is -2.38. The molecular weight excluding hydrogens is 717 g/mol. The van der Waals surface area contributed by atoms with Crippen molar-refractivity contribution in [3.05, 3.63) is 65.2 Å². The van der Waals surface area contributed by atoms with Crippen molar-refractivity contribution in [3.8, 4) is 11.5 Å². The number of aliphatic hydroxyl groups excluding tert-OH is 3. The summed E-state index contributed by atoms with van der Waals surface area (Å²) in [5, 5.41) is 33.2. The average molecular weight is 750 g/mol. The lowest BCUT2D eigenvalue weighted by atomic mass is 9.85. The largest absolute Gasteiger partial charge is 0.586 e. The second-order valence-corrected chi connectivity index (χ2v) is 12.8. The van der Waals surface area contributed by atoms with Crippen LogP contribution in [0.1, 0.15) is 49.1 Å². The minimum atomic E-state index is -4.89. The Morgan fingerprint density at radius 2 is 1.71 bits per heavy atom. The average Bonchev–Trinajstić information content (AvgIpc) is 3.85. The van der Waals surface area contributed by atoms with E-state index in [2.05, 4.69) is 21.4 Å². The van der Waals surface area contributed by atoms with Crippen molar-refractivity contribution in [2.75, 3.05) is 11.9 Å². The molecule has 0 bridgehead atoms. The highest BCUT2D eigenvalue weighted by Gasteiger charge is 2.50. The zero-order chi connectivity index (χ0) is 37.4. The highest BCUT2D eigenvalue weighted by Crippen LogP contribution is 2.47.